The van der Waals surface area contributed by atoms with Crippen LogP contribution in [0.5, 0.6) is 0 Å². The fourth-order valence-corrected chi connectivity index (χ4v) is 8.56. The third kappa shape index (κ3) is 5.11. The zero-order valence-corrected chi connectivity index (χ0v) is 20.4. The Labute approximate surface area is 199 Å². The summed E-state index contributed by atoms with van der Waals surface area (Å²) in [4.78, 5) is 19.7. The van der Waals surface area contributed by atoms with Crippen LogP contribution in [0.3, 0.4) is 0 Å². The maximum absolute atomic E-state index is 13.2. The molecule has 2 fully saturated rings. The maximum atomic E-state index is 13.2. The number of rotatable bonds is 4. The largest absolute Gasteiger partial charge is 0.339 e. The van der Waals surface area contributed by atoms with E-state index in [0.717, 1.165) is 48.8 Å². The number of benzene rings is 2. The lowest BCUT2D eigenvalue weighted by molar-refractivity contribution is 0.0690. The van der Waals surface area contributed by atoms with Gasteiger partial charge in [0.25, 0.3) is 5.91 Å². The van der Waals surface area contributed by atoms with Crippen molar-refractivity contribution < 1.29 is 13.2 Å². The summed E-state index contributed by atoms with van der Waals surface area (Å²) in [6.07, 6.45) is 3.12. The minimum Gasteiger partial charge on any atom is -0.339 e. The number of hydrogen-bond acceptors (Lipinski definition) is 6. The number of thioether (sulfide) groups is 1. The smallest absolute Gasteiger partial charge is 0.253 e. The van der Waals surface area contributed by atoms with Gasteiger partial charge in [0.1, 0.15) is 0 Å². The van der Waals surface area contributed by atoms with E-state index in [1.54, 1.807) is 0 Å². The number of anilines is 1. The molecule has 0 aliphatic carbocycles. The molecule has 2 unspecified atom stereocenters. The summed E-state index contributed by atoms with van der Waals surface area (Å²) in [7, 11) is -2.97. The van der Waals surface area contributed by atoms with Crippen LogP contribution in [-0.2, 0) is 16.3 Å². The number of amides is 1. The van der Waals surface area contributed by atoms with Crippen molar-refractivity contribution in [3.05, 3.63) is 65.2 Å². The molecule has 6 nitrogen and oxygen atoms in total. The molecule has 174 valence electrons. The molecule has 5 rings (SSSR count). The van der Waals surface area contributed by atoms with Crippen LogP contribution >= 0.6 is 11.8 Å². The number of aryl methyl sites for hydroxylation is 1. The number of aliphatic imine (C=N–C) groups is 1. The molecule has 2 aromatic carbocycles. The van der Waals surface area contributed by atoms with Gasteiger partial charge in [-0.05, 0) is 55.4 Å². The van der Waals surface area contributed by atoms with E-state index in [4.69, 9.17) is 0 Å². The first kappa shape index (κ1) is 22.5. The highest BCUT2D eigenvalue weighted by Crippen LogP contribution is 2.35. The molecule has 2 aromatic rings. The number of sulfone groups is 1. The minimum atomic E-state index is -2.97. The number of nitrogens with one attached hydrogen (secondary N) is 1. The van der Waals surface area contributed by atoms with Gasteiger partial charge in [0.15, 0.2) is 15.0 Å². The van der Waals surface area contributed by atoms with Crippen molar-refractivity contribution >= 4 is 38.4 Å². The molecular formula is C25H29N3O3S2. The summed E-state index contributed by atoms with van der Waals surface area (Å²) in [5.41, 5.74) is 3.93. The fourth-order valence-electron chi connectivity index (χ4n) is 4.89. The van der Waals surface area contributed by atoms with E-state index in [1.165, 1.54) is 17.3 Å². The Morgan fingerprint density at radius 3 is 2.61 bits per heavy atom. The van der Waals surface area contributed by atoms with Crippen molar-refractivity contribution in [3.8, 4) is 0 Å². The molecule has 0 saturated carbocycles. The van der Waals surface area contributed by atoms with E-state index in [9.17, 15) is 13.2 Å². The van der Waals surface area contributed by atoms with E-state index >= 15 is 0 Å². The Hall–Kier alpha value is -2.32. The normalized spacial score (nSPS) is 24.4. The van der Waals surface area contributed by atoms with Crippen LogP contribution in [0.2, 0.25) is 0 Å². The zero-order chi connectivity index (χ0) is 23.0. The first-order chi connectivity index (χ1) is 15.9. The number of fused-ring (bicyclic) bond motifs is 1. The standard InChI is InChI=1S/C25H29N3O3S2/c1-17-7-8-20(14-21(17)26-25-27-22-15-33(30,31)16-23(22)32-25)24(29)28-11-9-19(10-12-28)13-18-5-3-2-4-6-18/h2-8,14,19,22-23H,9-13,15-16H2,1H3,(H,26,27). The molecule has 3 aliphatic rings. The third-order valence-corrected chi connectivity index (χ3v) is 9.95. The summed E-state index contributed by atoms with van der Waals surface area (Å²) in [5.74, 6) is 1.01. The van der Waals surface area contributed by atoms with E-state index in [2.05, 4.69) is 34.6 Å². The number of amidine groups is 1. The first-order valence-electron chi connectivity index (χ1n) is 11.5. The van der Waals surface area contributed by atoms with Crippen molar-refractivity contribution in [2.75, 3.05) is 29.9 Å². The molecule has 3 heterocycles. The van der Waals surface area contributed by atoms with Gasteiger partial charge in [0.05, 0.1) is 17.5 Å². The van der Waals surface area contributed by atoms with Crippen LogP contribution in [0.25, 0.3) is 0 Å². The summed E-state index contributed by atoms with van der Waals surface area (Å²) in [6, 6.07) is 16.2. The van der Waals surface area contributed by atoms with Gasteiger partial charge >= 0.3 is 0 Å². The van der Waals surface area contributed by atoms with Crippen molar-refractivity contribution in [1.29, 1.82) is 0 Å². The lowest BCUT2D eigenvalue weighted by Gasteiger charge is -2.32. The number of carbonyl (C=O) groups excluding carboxylic acids is 1. The SMILES string of the molecule is Cc1ccc(C(=O)N2CCC(Cc3ccccc3)CC2)cc1NC1=NC2CS(=O)(=O)CC2S1. The van der Waals surface area contributed by atoms with Gasteiger partial charge in [0.2, 0.25) is 0 Å². The second-order valence-electron chi connectivity index (χ2n) is 9.31. The maximum Gasteiger partial charge on any atom is 0.253 e. The molecule has 2 saturated heterocycles. The Morgan fingerprint density at radius 1 is 1.12 bits per heavy atom. The summed E-state index contributed by atoms with van der Waals surface area (Å²) in [6.45, 7) is 3.57. The quantitative estimate of drug-likeness (QED) is 0.716. The molecule has 2 atom stereocenters. The van der Waals surface area contributed by atoms with E-state index in [0.29, 0.717) is 11.5 Å². The fraction of sp³-hybridized carbons (Fsp3) is 0.440. The summed E-state index contributed by atoms with van der Waals surface area (Å²) >= 11 is 1.49. The average molecular weight is 484 g/mol. The number of piperidine rings is 1. The highest BCUT2D eigenvalue weighted by molar-refractivity contribution is 8.15. The number of carbonyl (C=O) groups is 1. The molecule has 0 aromatic heterocycles. The van der Waals surface area contributed by atoms with E-state index in [1.807, 2.05) is 36.1 Å². The minimum absolute atomic E-state index is 0.000183. The lowest BCUT2D eigenvalue weighted by atomic mass is 9.90. The molecular weight excluding hydrogens is 454 g/mol. The van der Waals surface area contributed by atoms with Gasteiger partial charge < -0.3 is 10.2 Å². The molecule has 33 heavy (non-hydrogen) atoms. The Morgan fingerprint density at radius 2 is 1.88 bits per heavy atom. The van der Waals surface area contributed by atoms with Crippen LogP contribution in [0.1, 0.15) is 34.3 Å². The van der Waals surface area contributed by atoms with Crippen molar-refractivity contribution in [2.45, 2.75) is 37.5 Å². The number of likely N-dealkylation sites (tertiary alicyclic amines) is 1. The first-order valence-corrected chi connectivity index (χ1v) is 14.2. The van der Waals surface area contributed by atoms with E-state index < -0.39 is 9.84 Å². The molecule has 3 aliphatic heterocycles. The number of hydrogen-bond donors (Lipinski definition) is 1. The van der Waals surface area contributed by atoms with Gasteiger partial charge in [-0.15, -0.1) is 0 Å². The zero-order valence-electron chi connectivity index (χ0n) is 18.7. The highest BCUT2D eigenvalue weighted by Gasteiger charge is 2.42. The Kier molecular flexibility index (Phi) is 6.22. The highest BCUT2D eigenvalue weighted by atomic mass is 32.2. The molecule has 8 heteroatoms. The predicted molar refractivity (Wildman–Crippen MR) is 135 cm³/mol. The molecule has 0 spiro atoms. The van der Waals surface area contributed by atoms with Crippen LogP contribution in [0.15, 0.2) is 53.5 Å². The van der Waals surface area contributed by atoms with Gasteiger partial charge in [-0.25, -0.2) is 8.42 Å². The third-order valence-electron chi connectivity index (χ3n) is 6.81. The second-order valence-corrected chi connectivity index (χ2v) is 12.7. The van der Waals surface area contributed by atoms with Crippen LogP contribution in [0.4, 0.5) is 5.69 Å². The van der Waals surface area contributed by atoms with Gasteiger partial charge in [-0.1, -0.05) is 48.2 Å². The van der Waals surface area contributed by atoms with Crippen LogP contribution in [-0.4, -0.2) is 60.3 Å². The molecule has 1 amide bonds. The van der Waals surface area contributed by atoms with Crippen LogP contribution in [0, 0.1) is 12.8 Å². The van der Waals surface area contributed by atoms with Crippen molar-refractivity contribution in [1.82, 2.24) is 4.90 Å². The van der Waals surface area contributed by atoms with Crippen LogP contribution < -0.4 is 5.32 Å². The topological polar surface area (TPSA) is 78.8 Å². The molecule has 1 N–H and O–H groups in total. The summed E-state index contributed by atoms with van der Waals surface area (Å²) in [5, 5.41) is 4.09. The van der Waals surface area contributed by atoms with Crippen molar-refractivity contribution in [2.24, 2.45) is 10.9 Å². The van der Waals surface area contributed by atoms with Crippen molar-refractivity contribution in [3.63, 3.8) is 0 Å². The monoisotopic (exact) mass is 483 g/mol. The average Bonchev–Trinajstić information content (AvgIpc) is 3.28. The number of nitrogens with zero attached hydrogens (tertiary/aromatic N) is 2. The Balaban J connectivity index is 1.21. The summed E-state index contributed by atoms with van der Waals surface area (Å²) < 4.78 is 23.6. The van der Waals surface area contributed by atoms with Gasteiger partial charge in [-0.3, -0.25) is 9.79 Å². The second kappa shape index (κ2) is 9.14. The van der Waals surface area contributed by atoms with Gasteiger partial charge in [-0.2, -0.15) is 0 Å². The molecule has 0 radical (unpaired) electrons. The van der Waals surface area contributed by atoms with E-state index in [-0.39, 0.29) is 28.7 Å². The lowest BCUT2D eigenvalue weighted by Crippen LogP contribution is -2.39. The Bertz CT molecular complexity index is 1170. The predicted octanol–water partition coefficient (Wildman–Crippen LogP) is 3.77. The molecule has 0 bridgehead atoms. The van der Waals surface area contributed by atoms with Gasteiger partial charge in [0, 0.05) is 29.6 Å².